The Kier molecular flexibility index (Phi) is 7.36. The lowest BCUT2D eigenvalue weighted by Gasteiger charge is -2.17. The van der Waals surface area contributed by atoms with Gasteiger partial charge in [-0.15, -0.1) is 0 Å². The molecule has 1 heterocycles. The van der Waals surface area contributed by atoms with E-state index in [0.29, 0.717) is 36.6 Å². The molecular formula is C28H31NO5. The van der Waals surface area contributed by atoms with Crippen LogP contribution in [0.3, 0.4) is 0 Å². The van der Waals surface area contributed by atoms with Crippen LogP contribution in [0.25, 0.3) is 10.8 Å². The highest BCUT2D eigenvalue weighted by molar-refractivity contribution is 6.16. The lowest BCUT2D eigenvalue weighted by atomic mass is 9.99. The minimum absolute atomic E-state index is 0.0509. The number of anilines is 1. The van der Waals surface area contributed by atoms with Gasteiger partial charge < -0.3 is 19.5 Å². The summed E-state index contributed by atoms with van der Waals surface area (Å²) < 4.78 is 12.5. The van der Waals surface area contributed by atoms with Gasteiger partial charge in [0, 0.05) is 22.0 Å². The minimum Gasteiger partial charge on any atom is -0.493 e. The van der Waals surface area contributed by atoms with Gasteiger partial charge in [0.05, 0.1) is 31.7 Å². The van der Waals surface area contributed by atoms with Crippen LogP contribution in [-0.2, 0) is 17.8 Å². The number of rotatable bonds is 11. The molecule has 1 N–H and O–H groups in total. The second-order valence-corrected chi connectivity index (χ2v) is 8.59. The van der Waals surface area contributed by atoms with Crippen LogP contribution in [0.2, 0.25) is 0 Å². The minimum atomic E-state index is -0.883. The maximum absolute atomic E-state index is 13.7. The highest BCUT2D eigenvalue weighted by Gasteiger charge is 2.36. The number of carbonyl (C=O) groups is 2. The molecule has 6 nitrogen and oxygen atoms in total. The molecule has 178 valence electrons. The SMILES string of the molecule is CCCCOc1c2c(c(OCCCC)c3ccccc13)C(=O)N(c1ccc(CC(=O)O)cc1)C2. The number of aliphatic carboxylic acids is 1. The summed E-state index contributed by atoms with van der Waals surface area (Å²) in [7, 11) is 0. The Morgan fingerprint density at radius 1 is 0.912 bits per heavy atom. The zero-order chi connectivity index (χ0) is 24.1. The van der Waals surface area contributed by atoms with Crippen LogP contribution in [0.1, 0.15) is 61.0 Å². The summed E-state index contributed by atoms with van der Waals surface area (Å²) in [5, 5.41) is 10.9. The second kappa shape index (κ2) is 10.6. The van der Waals surface area contributed by atoms with E-state index in [4.69, 9.17) is 14.6 Å². The number of ether oxygens (including phenoxy) is 2. The Hall–Kier alpha value is -3.54. The third-order valence-electron chi connectivity index (χ3n) is 6.09. The van der Waals surface area contributed by atoms with E-state index in [-0.39, 0.29) is 12.3 Å². The lowest BCUT2D eigenvalue weighted by molar-refractivity contribution is -0.136. The summed E-state index contributed by atoms with van der Waals surface area (Å²) in [5.74, 6) is 0.363. The number of carbonyl (C=O) groups excluding carboxylic acids is 1. The van der Waals surface area contributed by atoms with Gasteiger partial charge in [-0.1, -0.05) is 63.1 Å². The van der Waals surface area contributed by atoms with Crippen LogP contribution in [0.5, 0.6) is 11.5 Å². The smallest absolute Gasteiger partial charge is 0.307 e. The number of carboxylic acid groups (broad SMARTS) is 1. The Morgan fingerprint density at radius 3 is 2.09 bits per heavy atom. The number of benzene rings is 3. The fourth-order valence-corrected chi connectivity index (χ4v) is 4.30. The van der Waals surface area contributed by atoms with Gasteiger partial charge in [-0.2, -0.15) is 0 Å². The van der Waals surface area contributed by atoms with Gasteiger partial charge in [0.1, 0.15) is 11.5 Å². The van der Waals surface area contributed by atoms with Gasteiger partial charge in [0.15, 0.2) is 0 Å². The van der Waals surface area contributed by atoms with E-state index >= 15 is 0 Å². The summed E-state index contributed by atoms with van der Waals surface area (Å²) in [6.45, 7) is 5.73. The maximum atomic E-state index is 13.7. The van der Waals surface area contributed by atoms with Crippen LogP contribution in [0.15, 0.2) is 48.5 Å². The zero-order valence-corrected chi connectivity index (χ0v) is 19.8. The van der Waals surface area contributed by atoms with Gasteiger partial charge >= 0.3 is 5.97 Å². The van der Waals surface area contributed by atoms with E-state index < -0.39 is 5.97 Å². The summed E-state index contributed by atoms with van der Waals surface area (Å²) in [6, 6.07) is 15.1. The number of amides is 1. The van der Waals surface area contributed by atoms with Crippen LogP contribution in [0, 0.1) is 0 Å². The fraction of sp³-hybridized carbons (Fsp3) is 0.357. The van der Waals surface area contributed by atoms with E-state index in [1.165, 1.54) is 0 Å². The molecule has 0 saturated heterocycles. The predicted octanol–water partition coefficient (Wildman–Crippen LogP) is 5.99. The molecule has 0 aromatic heterocycles. The van der Waals surface area contributed by atoms with Crippen molar-refractivity contribution in [3.05, 3.63) is 65.2 Å². The van der Waals surface area contributed by atoms with E-state index in [0.717, 1.165) is 53.5 Å². The second-order valence-electron chi connectivity index (χ2n) is 8.59. The molecule has 1 amide bonds. The van der Waals surface area contributed by atoms with E-state index in [9.17, 15) is 9.59 Å². The summed E-state index contributed by atoms with van der Waals surface area (Å²) in [6.07, 6.45) is 3.80. The number of nitrogens with zero attached hydrogens (tertiary/aromatic N) is 1. The van der Waals surface area contributed by atoms with E-state index in [1.807, 2.05) is 24.3 Å². The molecule has 0 spiro atoms. The fourth-order valence-electron chi connectivity index (χ4n) is 4.30. The Balaban J connectivity index is 1.79. The molecule has 4 rings (SSSR count). The van der Waals surface area contributed by atoms with Gasteiger partial charge in [-0.05, 0) is 30.5 Å². The monoisotopic (exact) mass is 461 g/mol. The molecule has 0 saturated carbocycles. The average molecular weight is 462 g/mol. The van der Waals surface area contributed by atoms with Crippen LogP contribution in [-0.4, -0.2) is 30.2 Å². The van der Waals surface area contributed by atoms with Crippen molar-refractivity contribution in [2.75, 3.05) is 18.1 Å². The molecule has 0 unspecified atom stereocenters. The quantitative estimate of drug-likeness (QED) is 0.355. The molecule has 0 atom stereocenters. The van der Waals surface area contributed by atoms with Crippen LogP contribution < -0.4 is 14.4 Å². The number of hydrogen-bond acceptors (Lipinski definition) is 4. The first-order valence-electron chi connectivity index (χ1n) is 12.0. The molecule has 1 aliphatic heterocycles. The van der Waals surface area contributed by atoms with Crippen LogP contribution >= 0.6 is 0 Å². The van der Waals surface area contributed by atoms with Gasteiger partial charge in [0.25, 0.3) is 5.91 Å². The topological polar surface area (TPSA) is 76.1 Å². The summed E-state index contributed by atoms with van der Waals surface area (Å²) in [5.41, 5.74) is 2.83. The first kappa shape index (κ1) is 23.6. The Morgan fingerprint density at radius 2 is 1.50 bits per heavy atom. The zero-order valence-electron chi connectivity index (χ0n) is 19.8. The molecule has 0 radical (unpaired) electrons. The van der Waals surface area contributed by atoms with Crippen molar-refractivity contribution in [1.29, 1.82) is 0 Å². The highest BCUT2D eigenvalue weighted by atomic mass is 16.5. The molecule has 3 aromatic carbocycles. The normalized spacial score (nSPS) is 12.8. The van der Waals surface area contributed by atoms with Crippen molar-refractivity contribution >= 4 is 28.3 Å². The number of carboxylic acids is 1. The predicted molar refractivity (Wildman–Crippen MR) is 133 cm³/mol. The molecular weight excluding hydrogens is 430 g/mol. The lowest BCUT2D eigenvalue weighted by Crippen LogP contribution is -2.23. The van der Waals surface area contributed by atoms with Crippen molar-refractivity contribution in [3.8, 4) is 11.5 Å². The standard InChI is InChI=1S/C28H31NO5/c1-3-5-15-33-26-21-9-7-8-10-22(21)27(34-16-6-4-2)25-23(26)18-29(28(25)32)20-13-11-19(12-14-20)17-24(30)31/h7-14H,3-6,15-18H2,1-2H3,(H,30,31). The molecule has 1 aliphatic rings. The Bertz CT molecular complexity index is 1190. The largest absolute Gasteiger partial charge is 0.493 e. The summed E-state index contributed by atoms with van der Waals surface area (Å²) >= 11 is 0. The Labute approximate surface area is 200 Å². The highest BCUT2D eigenvalue weighted by Crippen LogP contribution is 2.46. The molecule has 0 aliphatic carbocycles. The number of hydrogen-bond donors (Lipinski definition) is 1. The molecule has 0 fully saturated rings. The number of unbranched alkanes of at least 4 members (excludes halogenated alkanes) is 2. The average Bonchev–Trinajstić information content (AvgIpc) is 3.17. The first-order chi connectivity index (χ1) is 16.5. The summed E-state index contributed by atoms with van der Waals surface area (Å²) in [4.78, 5) is 26.5. The van der Waals surface area contributed by atoms with Crippen LogP contribution in [0.4, 0.5) is 5.69 Å². The first-order valence-corrected chi connectivity index (χ1v) is 12.0. The number of fused-ring (bicyclic) bond motifs is 2. The maximum Gasteiger partial charge on any atom is 0.307 e. The van der Waals surface area contributed by atoms with Crippen molar-refractivity contribution in [1.82, 2.24) is 0 Å². The van der Waals surface area contributed by atoms with Gasteiger partial charge in [-0.3, -0.25) is 9.59 Å². The molecule has 3 aromatic rings. The van der Waals surface area contributed by atoms with Crippen molar-refractivity contribution < 1.29 is 24.2 Å². The van der Waals surface area contributed by atoms with Crippen molar-refractivity contribution in [3.63, 3.8) is 0 Å². The van der Waals surface area contributed by atoms with Crippen molar-refractivity contribution in [2.45, 2.75) is 52.5 Å². The van der Waals surface area contributed by atoms with E-state index in [2.05, 4.69) is 13.8 Å². The third kappa shape index (κ3) is 4.72. The van der Waals surface area contributed by atoms with Crippen molar-refractivity contribution in [2.24, 2.45) is 0 Å². The third-order valence-corrected chi connectivity index (χ3v) is 6.09. The molecule has 34 heavy (non-hydrogen) atoms. The van der Waals surface area contributed by atoms with Gasteiger partial charge in [-0.25, -0.2) is 0 Å². The van der Waals surface area contributed by atoms with Gasteiger partial charge in [0.2, 0.25) is 0 Å². The molecule has 0 bridgehead atoms. The van der Waals surface area contributed by atoms with E-state index in [1.54, 1.807) is 29.2 Å². The molecule has 6 heteroatoms.